The highest BCUT2D eigenvalue weighted by molar-refractivity contribution is 14.0. The molecule has 0 radical (unpaired) electrons. The minimum Gasteiger partial charge on any atom is -0.381 e. The molecule has 1 N–H and O–H groups in total. The van der Waals surface area contributed by atoms with Crippen LogP contribution in [-0.2, 0) is 4.74 Å². The van der Waals surface area contributed by atoms with E-state index in [1.165, 1.54) is 25.7 Å². The van der Waals surface area contributed by atoms with Crippen LogP contribution < -0.4 is 5.32 Å². The molecule has 1 fully saturated rings. The second-order valence-corrected chi connectivity index (χ2v) is 5.12. The predicted molar refractivity (Wildman–Crippen MR) is 92.5 cm³/mol. The molecule has 0 aromatic carbocycles. The van der Waals surface area contributed by atoms with Crippen LogP contribution in [0.15, 0.2) is 4.99 Å². The minimum atomic E-state index is 0. The van der Waals surface area contributed by atoms with Crippen molar-refractivity contribution < 1.29 is 4.74 Å². The lowest BCUT2D eigenvalue weighted by Gasteiger charge is -2.21. The number of nitrogens with one attached hydrogen (secondary N) is 1. The topological polar surface area (TPSA) is 36.9 Å². The van der Waals surface area contributed by atoms with Gasteiger partial charge in [-0.05, 0) is 31.6 Å². The fourth-order valence-corrected chi connectivity index (χ4v) is 1.79. The van der Waals surface area contributed by atoms with E-state index in [-0.39, 0.29) is 24.0 Å². The molecule has 0 heterocycles. The molecule has 0 amide bonds. The van der Waals surface area contributed by atoms with Crippen molar-refractivity contribution in [2.24, 2.45) is 10.9 Å². The van der Waals surface area contributed by atoms with E-state index in [1.54, 1.807) is 0 Å². The Bertz CT molecular complexity index is 245. The molecule has 0 aliphatic heterocycles. The molecule has 19 heavy (non-hydrogen) atoms. The third-order valence-electron chi connectivity index (χ3n) is 3.22. The zero-order chi connectivity index (χ0) is 13.2. The number of hydrogen-bond acceptors (Lipinski definition) is 2. The molecule has 0 bridgehead atoms. The van der Waals surface area contributed by atoms with Crippen molar-refractivity contribution in [2.75, 3.05) is 40.4 Å². The molecule has 4 nitrogen and oxygen atoms in total. The third kappa shape index (κ3) is 9.49. The van der Waals surface area contributed by atoms with E-state index in [0.29, 0.717) is 0 Å². The highest BCUT2D eigenvalue weighted by atomic mass is 127. The van der Waals surface area contributed by atoms with Crippen LogP contribution in [-0.4, -0.2) is 51.3 Å². The summed E-state index contributed by atoms with van der Waals surface area (Å²) in [5.74, 6) is 1.86. The molecule has 1 aliphatic carbocycles. The van der Waals surface area contributed by atoms with Crippen LogP contribution in [0.1, 0.15) is 39.0 Å². The van der Waals surface area contributed by atoms with Gasteiger partial charge in [-0.25, -0.2) is 0 Å². The third-order valence-corrected chi connectivity index (χ3v) is 3.22. The second kappa shape index (κ2) is 11.8. The summed E-state index contributed by atoms with van der Waals surface area (Å²) in [5, 5.41) is 3.38. The zero-order valence-corrected chi connectivity index (χ0v) is 15.0. The number of rotatable bonds is 9. The van der Waals surface area contributed by atoms with Gasteiger partial charge in [-0.15, -0.1) is 24.0 Å². The van der Waals surface area contributed by atoms with Gasteiger partial charge >= 0.3 is 0 Å². The molecule has 1 rings (SSSR count). The summed E-state index contributed by atoms with van der Waals surface area (Å²) in [5.41, 5.74) is 0. The fourth-order valence-electron chi connectivity index (χ4n) is 1.79. The summed E-state index contributed by atoms with van der Waals surface area (Å²) in [4.78, 5) is 6.48. The molecule has 0 saturated heterocycles. The zero-order valence-electron chi connectivity index (χ0n) is 12.7. The maximum Gasteiger partial charge on any atom is 0.193 e. The minimum absolute atomic E-state index is 0. The first-order valence-corrected chi connectivity index (χ1v) is 7.27. The number of hydrogen-bond donors (Lipinski definition) is 1. The van der Waals surface area contributed by atoms with E-state index >= 15 is 0 Å². The van der Waals surface area contributed by atoms with Crippen LogP contribution >= 0.6 is 24.0 Å². The van der Waals surface area contributed by atoms with Crippen molar-refractivity contribution in [1.29, 1.82) is 0 Å². The maximum absolute atomic E-state index is 5.60. The molecule has 0 aromatic rings. The Morgan fingerprint density at radius 1 is 1.37 bits per heavy atom. The molecule has 1 aliphatic rings. The molecular formula is C14H30IN3O. The Labute approximate surface area is 135 Å². The van der Waals surface area contributed by atoms with E-state index in [1.807, 2.05) is 7.05 Å². The molecule has 5 heteroatoms. The smallest absolute Gasteiger partial charge is 0.193 e. The Kier molecular flexibility index (Phi) is 11.7. The molecule has 114 valence electrons. The highest BCUT2D eigenvalue weighted by Gasteiger charge is 2.20. The monoisotopic (exact) mass is 383 g/mol. The summed E-state index contributed by atoms with van der Waals surface area (Å²) in [6, 6.07) is 0. The lowest BCUT2D eigenvalue weighted by Crippen LogP contribution is -2.40. The normalized spacial score (nSPS) is 15.0. The van der Waals surface area contributed by atoms with Gasteiger partial charge in [-0.2, -0.15) is 0 Å². The summed E-state index contributed by atoms with van der Waals surface area (Å²) in [6.07, 6.45) is 6.21. The van der Waals surface area contributed by atoms with Crippen molar-refractivity contribution in [3.8, 4) is 0 Å². The van der Waals surface area contributed by atoms with Crippen molar-refractivity contribution in [3.05, 3.63) is 0 Å². The molecule has 0 unspecified atom stereocenters. The summed E-state index contributed by atoms with van der Waals surface area (Å²) >= 11 is 0. The van der Waals surface area contributed by atoms with Crippen LogP contribution in [0.4, 0.5) is 0 Å². The molecule has 0 aromatic heterocycles. The van der Waals surface area contributed by atoms with Crippen LogP contribution in [0.2, 0.25) is 0 Å². The van der Waals surface area contributed by atoms with Gasteiger partial charge in [0.1, 0.15) is 0 Å². The predicted octanol–water partition coefficient (Wildman–Crippen LogP) is 2.73. The standard InChI is InChI=1S/C14H29N3O.HI/c1-4-5-10-17(3)14(15-2)16-9-6-11-18-12-13-7-8-13;/h13H,4-12H2,1-3H3,(H,15,16);1H. The molecular weight excluding hydrogens is 353 g/mol. The average Bonchev–Trinajstić information content (AvgIpc) is 3.19. The van der Waals surface area contributed by atoms with Crippen LogP contribution in [0, 0.1) is 5.92 Å². The van der Waals surface area contributed by atoms with E-state index in [4.69, 9.17) is 4.74 Å². The number of aliphatic imine (C=N–C) groups is 1. The van der Waals surface area contributed by atoms with Crippen LogP contribution in [0.3, 0.4) is 0 Å². The van der Waals surface area contributed by atoms with E-state index in [9.17, 15) is 0 Å². The SMILES string of the molecule is CCCCN(C)C(=NC)NCCCOCC1CC1.I. The van der Waals surface area contributed by atoms with E-state index in [2.05, 4.69) is 29.2 Å². The second-order valence-electron chi connectivity index (χ2n) is 5.12. The number of nitrogens with zero attached hydrogens (tertiary/aromatic N) is 2. The van der Waals surface area contributed by atoms with Gasteiger partial charge in [0.2, 0.25) is 0 Å². The van der Waals surface area contributed by atoms with Gasteiger partial charge in [-0.1, -0.05) is 13.3 Å². The van der Waals surface area contributed by atoms with Gasteiger partial charge in [0.25, 0.3) is 0 Å². The number of ether oxygens (including phenoxy) is 1. The summed E-state index contributed by atoms with van der Waals surface area (Å²) in [7, 11) is 3.93. The van der Waals surface area contributed by atoms with Gasteiger partial charge in [-0.3, -0.25) is 4.99 Å². The van der Waals surface area contributed by atoms with E-state index in [0.717, 1.165) is 44.6 Å². The average molecular weight is 383 g/mol. The number of unbranched alkanes of at least 4 members (excludes halogenated alkanes) is 1. The van der Waals surface area contributed by atoms with Crippen LogP contribution in [0.25, 0.3) is 0 Å². The molecule has 0 spiro atoms. The first-order valence-electron chi connectivity index (χ1n) is 7.27. The summed E-state index contributed by atoms with van der Waals surface area (Å²) in [6.45, 7) is 6.04. The van der Waals surface area contributed by atoms with E-state index < -0.39 is 0 Å². The molecule has 1 saturated carbocycles. The Balaban J connectivity index is 0.00000324. The largest absolute Gasteiger partial charge is 0.381 e. The Morgan fingerprint density at radius 3 is 2.68 bits per heavy atom. The Morgan fingerprint density at radius 2 is 2.11 bits per heavy atom. The van der Waals surface area contributed by atoms with Crippen molar-refractivity contribution in [1.82, 2.24) is 10.2 Å². The first kappa shape index (κ1) is 19.0. The maximum atomic E-state index is 5.60. The van der Waals surface area contributed by atoms with Gasteiger partial charge in [0.15, 0.2) is 5.96 Å². The van der Waals surface area contributed by atoms with Crippen molar-refractivity contribution >= 4 is 29.9 Å². The van der Waals surface area contributed by atoms with Gasteiger partial charge in [0, 0.05) is 40.4 Å². The molecule has 0 atom stereocenters. The highest BCUT2D eigenvalue weighted by Crippen LogP contribution is 2.28. The van der Waals surface area contributed by atoms with Crippen LogP contribution in [0.5, 0.6) is 0 Å². The van der Waals surface area contributed by atoms with Crippen molar-refractivity contribution in [2.45, 2.75) is 39.0 Å². The lowest BCUT2D eigenvalue weighted by atomic mass is 10.3. The fraction of sp³-hybridized carbons (Fsp3) is 0.929. The number of halogens is 1. The lowest BCUT2D eigenvalue weighted by molar-refractivity contribution is 0.122. The van der Waals surface area contributed by atoms with Crippen molar-refractivity contribution in [3.63, 3.8) is 0 Å². The first-order chi connectivity index (χ1) is 8.77. The van der Waals surface area contributed by atoms with Gasteiger partial charge in [0.05, 0.1) is 0 Å². The quantitative estimate of drug-likeness (QED) is 0.288. The summed E-state index contributed by atoms with van der Waals surface area (Å²) < 4.78 is 5.60. The van der Waals surface area contributed by atoms with Gasteiger partial charge < -0.3 is 15.0 Å². The Hall–Kier alpha value is -0.0400. The number of guanidine groups is 1.